The first kappa shape index (κ1) is 15.0. The highest BCUT2D eigenvalue weighted by Gasteiger charge is 2.42. The van der Waals surface area contributed by atoms with Crippen molar-refractivity contribution in [3.8, 4) is 0 Å². The topological polar surface area (TPSA) is 69.6 Å². The summed E-state index contributed by atoms with van der Waals surface area (Å²) < 4.78 is 0. The number of nitrogens with zero attached hydrogens (tertiary/aromatic N) is 1. The van der Waals surface area contributed by atoms with Gasteiger partial charge in [-0.1, -0.05) is 30.3 Å². The summed E-state index contributed by atoms with van der Waals surface area (Å²) in [4.78, 5) is 25.8. The van der Waals surface area contributed by atoms with Crippen molar-refractivity contribution in [3.63, 3.8) is 0 Å². The Morgan fingerprint density at radius 3 is 2.45 bits per heavy atom. The van der Waals surface area contributed by atoms with Gasteiger partial charge in [-0.25, -0.2) is 0 Å². The van der Waals surface area contributed by atoms with Gasteiger partial charge in [-0.3, -0.25) is 14.5 Å². The van der Waals surface area contributed by atoms with Crippen molar-refractivity contribution in [1.29, 1.82) is 0 Å². The summed E-state index contributed by atoms with van der Waals surface area (Å²) in [5.74, 6) is -1.42. The van der Waals surface area contributed by atoms with E-state index in [-0.39, 0.29) is 5.91 Å². The molecule has 2 atom stereocenters. The molecule has 118 valence electrons. The van der Waals surface area contributed by atoms with E-state index in [4.69, 9.17) is 0 Å². The monoisotopic (exact) mass is 302 g/mol. The number of aliphatic carboxylic acids is 1. The maximum Gasteiger partial charge on any atom is 0.308 e. The van der Waals surface area contributed by atoms with Gasteiger partial charge >= 0.3 is 5.97 Å². The zero-order chi connectivity index (χ0) is 15.5. The molecule has 1 aromatic carbocycles. The number of benzene rings is 1. The van der Waals surface area contributed by atoms with E-state index in [1.54, 1.807) is 0 Å². The van der Waals surface area contributed by atoms with Crippen molar-refractivity contribution in [3.05, 3.63) is 35.9 Å². The van der Waals surface area contributed by atoms with Gasteiger partial charge in [-0.2, -0.15) is 0 Å². The summed E-state index contributed by atoms with van der Waals surface area (Å²) in [5.41, 5.74) is 1.14. The lowest BCUT2D eigenvalue weighted by molar-refractivity contribution is -0.145. The number of carboxylic acid groups (broad SMARTS) is 1. The highest BCUT2D eigenvalue weighted by Crippen LogP contribution is 2.29. The highest BCUT2D eigenvalue weighted by atomic mass is 16.4. The lowest BCUT2D eigenvalue weighted by Gasteiger charge is -2.15. The van der Waals surface area contributed by atoms with Gasteiger partial charge in [0.1, 0.15) is 0 Å². The third-order valence-corrected chi connectivity index (χ3v) is 4.56. The van der Waals surface area contributed by atoms with E-state index in [9.17, 15) is 14.7 Å². The van der Waals surface area contributed by atoms with Gasteiger partial charge in [0.2, 0.25) is 5.91 Å². The second-order valence-electron chi connectivity index (χ2n) is 6.42. The fourth-order valence-corrected chi connectivity index (χ4v) is 3.07. The van der Waals surface area contributed by atoms with E-state index in [0.29, 0.717) is 32.1 Å². The summed E-state index contributed by atoms with van der Waals surface area (Å²) in [5, 5.41) is 12.3. The number of nitrogens with one attached hydrogen (secondary N) is 1. The van der Waals surface area contributed by atoms with Crippen molar-refractivity contribution in [2.45, 2.75) is 19.4 Å². The number of likely N-dealkylation sites (tertiary alicyclic amines) is 1. The average Bonchev–Trinajstić information content (AvgIpc) is 3.24. The van der Waals surface area contributed by atoms with Crippen LogP contribution in [0, 0.1) is 17.8 Å². The fraction of sp³-hybridized carbons (Fsp3) is 0.529. The average molecular weight is 302 g/mol. The lowest BCUT2D eigenvalue weighted by atomic mass is 9.95. The molecule has 2 N–H and O–H groups in total. The van der Waals surface area contributed by atoms with E-state index >= 15 is 0 Å². The number of rotatable bonds is 6. The SMILES string of the molecule is O=C(NCC1CC1)[C@H]1CN(Cc2ccccc2)C[C@H]1C(=O)O. The zero-order valence-electron chi connectivity index (χ0n) is 12.6. The summed E-state index contributed by atoms with van der Waals surface area (Å²) >= 11 is 0. The number of amides is 1. The van der Waals surface area contributed by atoms with Gasteiger partial charge in [0.15, 0.2) is 0 Å². The maximum absolute atomic E-state index is 12.3. The van der Waals surface area contributed by atoms with Crippen LogP contribution in [0.5, 0.6) is 0 Å². The molecule has 1 amide bonds. The molecule has 1 saturated carbocycles. The Bertz CT molecular complexity index is 542. The van der Waals surface area contributed by atoms with E-state index < -0.39 is 17.8 Å². The molecule has 0 radical (unpaired) electrons. The minimum atomic E-state index is -0.873. The molecule has 0 unspecified atom stereocenters. The van der Waals surface area contributed by atoms with E-state index in [0.717, 1.165) is 5.56 Å². The largest absolute Gasteiger partial charge is 0.481 e. The highest BCUT2D eigenvalue weighted by molar-refractivity contribution is 5.85. The zero-order valence-corrected chi connectivity index (χ0v) is 12.6. The Balaban J connectivity index is 1.61. The van der Waals surface area contributed by atoms with Gasteiger partial charge in [0.05, 0.1) is 11.8 Å². The van der Waals surface area contributed by atoms with Crippen molar-refractivity contribution < 1.29 is 14.7 Å². The molecule has 2 aliphatic rings. The lowest BCUT2D eigenvalue weighted by Crippen LogP contribution is -2.38. The number of carbonyl (C=O) groups excluding carboxylic acids is 1. The summed E-state index contributed by atoms with van der Waals surface area (Å²) in [6.45, 7) is 2.34. The first-order chi connectivity index (χ1) is 10.6. The smallest absolute Gasteiger partial charge is 0.308 e. The van der Waals surface area contributed by atoms with Crippen LogP contribution in [0.4, 0.5) is 0 Å². The molecule has 1 aliphatic heterocycles. The number of carboxylic acids is 1. The van der Waals surface area contributed by atoms with Crippen molar-refractivity contribution in [1.82, 2.24) is 10.2 Å². The quantitative estimate of drug-likeness (QED) is 0.832. The predicted molar refractivity (Wildman–Crippen MR) is 82.1 cm³/mol. The molecule has 5 nitrogen and oxygen atoms in total. The van der Waals surface area contributed by atoms with Crippen LogP contribution < -0.4 is 5.32 Å². The molecule has 1 saturated heterocycles. The number of hydrogen-bond donors (Lipinski definition) is 2. The van der Waals surface area contributed by atoms with Crippen LogP contribution in [0.1, 0.15) is 18.4 Å². The molecule has 1 aromatic rings. The molecule has 1 aliphatic carbocycles. The van der Waals surface area contributed by atoms with Crippen LogP contribution >= 0.6 is 0 Å². The van der Waals surface area contributed by atoms with Crippen molar-refractivity contribution in [2.24, 2.45) is 17.8 Å². The maximum atomic E-state index is 12.3. The summed E-state index contributed by atoms with van der Waals surface area (Å²) in [6, 6.07) is 9.95. The number of carbonyl (C=O) groups is 2. The molecule has 0 bridgehead atoms. The molecule has 5 heteroatoms. The van der Waals surface area contributed by atoms with Gasteiger partial charge in [0, 0.05) is 26.2 Å². The van der Waals surface area contributed by atoms with Crippen LogP contribution in [0.2, 0.25) is 0 Å². The third-order valence-electron chi connectivity index (χ3n) is 4.56. The van der Waals surface area contributed by atoms with Gasteiger partial charge in [0.25, 0.3) is 0 Å². The molecule has 0 aromatic heterocycles. The molecule has 22 heavy (non-hydrogen) atoms. The van der Waals surface area contributed by atoms with Crippen LogP contribution in [-0.4, -0.2) is 41.5 Å². The standard InChI is InChI=1S/C17H22N2O3/c20-16(18-8-12-6-7-12)14-10-19(11-15(14)17(21)22)9-13-4-2-1-3-5-13/h1-5,12,14-15H,6-11H2,(H,18,20)(H,21,22)/t14-,15+/m0/s1. The van der Waals surface area contributed by atoms with Crippen molar-refractivity contribution in [2.75, 3.05) is 19.6 Å². The molecule has 0 spiro atoms. The van der Waals surface area contributed by atoms with Crippen molar-refractivity contribution >= 4 is 11.9 Å². The summed E-state index contributed by atoms with van der Waals surface area (Å²) in [7, 11) is 0. The Kier molecular flexibility index (Phi) is 4.43. The van der Waals surface area contributed by atoms with Crippen LogP contribution in [0.3, 0.4) is 0 Å². The van der Waals surface area contributed by atoms with Gasteiger partial charge < -0.3 is 10.4 Å². The summed E-state index contributed by atoms with van der Waals surface area (Å²) in [6.07, 6.45) is 2.35. The van der Waals surface area contributed by atoms with Crippen LogP contribution in [0.15, 0.2) is 30.3 Å². The minimum absolute atomic E-state index is 0.102. The Labute approximate surface area is 130 Å². The second kappa shape index (κ2) is 6.48. The molecule has 1 heterocycles. The van der Waals surface area contributed by atoms with Gasteiger partial charge in [-0.05, 0) is 24.3 Å². The third kappa shape index (κ3) is 3.65. The van der Waals surface area contributed by atoms with Gasteiger partial charge in [-0.15, -0.1) is 0 Å². The van der Waals surface area contributed by atoms with Crippen LogP contribution in [0.25, 0.3) is 0 Å². The molecular formula is C17H22N2O3. The van der Waals surface area contributed by atoms with E-state index in [1.807, 2.05) is 30.3 Å². The Morgan fingerprint density at radius 2 is 1.82 bits per heavy atom. The Hall–Kier alpha value is -1.88. The first-order valence-corrected chi connectivity index (χ1v) is 7.90. The normalized spacial score (nSPS) is 25.1. The number of hydrogen-bond acceptors (Lipinski definition) is 3. The first-order valence-electron chi connectivity index (χ1n) is 7.90. The van der Waals surface area contributed by atoms with Crippen LogP contribution in [-0.2, 0) is 16.1 Å². The fourth-order valence-electron chi connectivity index (χ4n) is 3.07. The minimum Gasteiger partial charge on any atom is -0.481 e. The molecule has 3 rings (SSSR count). The Morgan fingerprint density at radius 1 is 1.14 bits per heavy atom. The molecular weight excluding hydrogens is 280 g/mol. The second-order valence-corrected chi connectivity index (χ2v) is 6.42. The van der Waals surface area contributed by atoms with E-state index in [1.165, 1.54) is 12.8 Å². The molecule has 2 fully saturated rings. The van der Waals surface area contributed by atoms with E-state index in [2.05, 4.69) is 10.2 Å². The predicted octanol–water partition coefficient (Wildman–Crippen LogP) is 1.35.